The fraction of sp³-hybridized carbons (Fsp3) is 0.324. The number of thiazole rings is 1. The summed E-state index contributed by atoms with van der Waals surface area (Å²) in [6.07, 6.45) is 2.79. The molecule has 1 fully saturated rings. The van der Waals surface area contributed by atoms with Crippen molar-refractivity contribution in [3.63, 3.8) is 0 Å². The largest absolute Gasteiger partial charge is 0.494 e. The zero-order valence-corrected chi connectivity index (χ0v) is 33.2. The van der Waals surface area contributed by atoms with E-state index in [1.54, 1.807) is 19.4 Å². The first-order valence-electron chi connectivity index (χ1n) is 17.2. The number of halogens is 3. The summed E-state index contributed by atoms with van der Waals surface area (Å²) in [4.78, 5) is 17.5. The van der Waals surface area contributed by atoms with Crippen LogP contribution in [0, 0.1) is 24.4 Å². The Morgan fingerprint density at radius 3 is 2.27 bits per heavy atom. The average molecular weight is 816 g/mol. The minimum Gasteiger partial charge on any atom is -0.494 e. The highest BCUT2D eigenvalue weighted by Crippen LogP contribution is 2.41. The average Bonchev–Trinajstić information content (AvgIpc) is 3.58. The fourth-order valence-corrected chi connectivity index (χ4v) is 8.97. The molecule has 0 radical (unpaired) electrons. The van der Waals surface area contributed by atoms with Crippen LogP contribution in [0.25, 0.3) is 21.8 Å². The molecule has 0 spiro atoms. The van der Waals surface area contributed by atoms with Gasteiger partial charge in [-0.15, -0.1) is 11.3 Å². The Morgan fingerprint density at radius 1 is 0.927 bits per heavy atom. The normalized spacial score (nSPS) is 14.0. The van der Waals surface area contributed by atoms with Gasteiger partial charge in [-0.3, -0.25) is 9.62 Å². The molecule has 3 aromatic carbocycles. The van der Waals surface area contributed by atoms with E-state index in [2.05, 4.69) is 20.1 Å². The van der Waals surface area contributed by atoms with Crippen LogP contribution in [0.2, 0.25) is 0 Å². The minimum atomic E-state index is -4.85. The molecule has 2 aromatic heterocycles. The highest BCUT2D eigenvalue weighted by atomic mass is 32.2. The highest BCUT2D eigenvalue weighted by molar-refractivity contribution is 7.92. The van der Waals surface area contributed by atoms with Crippen LogP contribution < -0.4 is 19.7 Å². The van der Waals surface area contributed by atoms with Crippen LogP contribution in [0.15, 0.2) is 65.7 Å². The Hall–Kier alpha value is -4.78. The molecular weight excluding hydrogens is 776 g/mol. The molecule has 55 heavy (non-hydrogen) atoms. The summed E-state index contributed by atoms with van der Waals surface area (Å²) in [7, 11) is -6.32. The summed E-state index contributed by atoms with van der Waals surface area (Å²) in [6.45, 7) is 9.25. The molecule has 0 amide bonds. The molecule has 3 heterocycles. The molecule has 1 saturated heterocycles. The molecule has 2 N–H and O–H groups in total. The Balaban J connectivity index is 1.28. The summed E-state index contributed by atoms with van der Waals surface area (Å²) >= 11 is 1.29. The van der Waals surface area contributed by atoms with E-state index in [1.807, 2.05) is 37.6 Å². The van der Waals surface area contributed by atoms with Crippen molar-refractivity contribution in [3.8, 4) is 27.6 Å². The van der Waals surface area contributed by atoms with E-state index in [4.69, 9.17) is 14.7 Å². The van der Waals surface area contributed by atoms with Gasteiger partial charge < -0.3 is 15.0 Å². The summed E-state index contributed by atoms with van der Waals surface area (Å²) in [5.41, 5.74) is 2.61. The Bertz CT molecular complexity index is 2420. The number of rotatable bonds is 13. The van der Waals surface area contributed by atoms with Gasteiger partial charge in [-0.2, -0.15) is 0 Å². The van der Waals surface area contributed by atoms with Crippen LogP contribution in [0.3, 0.4) is 0 Å². The van der Waals surface area contributed by atoms with Crippen LogP contribution in [0.1, 0.15) is 30.3 Å². The van der Waals surface area contributed by atoms with E-state index in [9.17, 15) is 25.6 Å². The van der Waals surface area contributed by atoms with Crippen molar-refractivity contribution >= 4 is 54.2 Å². The lowest BCUT2D eigenvalue weighted by Crippen LogP contribution is -2.47. The lowest BCUT2D eigenvalue weighted by Gasteiger charge is -2.37. The van der Waals surface area contributed by atoms with Crippen molar-refractivity contribution in [1.82, 2.24) is 19.9 Å². The molecule has 0 atom stereocenters. The molecule has 0 unspecified atom stereocenters. The van der Waals surface area contributed by atoms with Gasteiger partial charge >= 0.3 is 0 Å². The van der Waals surface area contributed by atoms with Gasteiger partial charge in [0.2, 0.25) is 5.95 Å². The number of methoxy groups -OCH3 is 1. The number of benzene rings is 3. The summed E-state index contributed by atoms with van der Waals surface area (Å²) in [5, 5.41) is 3.91. The van der Waals surface area contributed by atoms with Gasteiger partial charge in [-0.05, 0) is 48.9 Å². The Morgan fingerprint density at radius 2 is 1.62 bits per heavy atom. The molecule has 18 heteroatoms. The maximum atomic E-state index is 16.2. The van der Waals surface area contributed by atoms with Crippen LogP contribution in [0.4, 0.5) is 36.2 Å². The number of sulfonamides is 1. The maximum Gasteiger partial charge on any atom is 0.267 e. The molecule has 0 bridgehead atoms. The number of ether oxygens (including phenoxy) is 1. The van der Waals surface area contributed by atoms with E-state index in [-0.39, 0.29) is 28.9 Å². The van der Waals surface area contributed by atoms with Gasteiger partial charge in [0.15, 0.2) is 10.7 Å². The Kier molecular flexibility index (Phi) is 11.7. The van der Waals surface area contributed by atoms with Gasteiger partial charge in [0, 0.05) is 68.4 Å². The van der Waals surface area contributed by atoms with Crippen molar-refractivity contribution in [3.05, 3.63) is 88.8 Å². The van der Waals surface area contributed by atoms with E-state index in [0.717, 1.165) is 61.7 Å². The predicted octanol–water partition coefficient (Wildman–Crippen LogP) is 6.84. The van der Waals surface area contributed by atoms with Gasteiger partial charge in [0.05, 0.1) is 45.5 Å². The second-order valence-electron chi connectivity index (χ2n) is 13.4. The number of hydrogen-bond donors (Lipinski definition) is 2. The SMILES string of the molecule is COc1cc(N2CCN(CCS(C)(=O)=O)CC2)c(C)cc1Nc1nccc(-c2sc(C(C)C)nc2-c2cccc(NS(=O)(=O)c3c(F)cccc3F)c2F)n1. The Labute approximate surface area is 322 Å². The zero-order valence-electron chi connectivity index (χ0n) is 30.7. The molecule has 1 aliphatic heterocycles. The number of nitrogens with zero attached hydrogens (tertiary/aromatic N) is 5. The molecule has 292 valence electrons. The van der Waals surface area contributed by atoms with E-state index < -0.39 is 47.9 Å². The molecule has 1 aliphatic rings. The highest BCUT2D eigenvalue weighted by Gasteiger charge is 2.28. The molecule has 6 rings (SSSR count). The number of aryl methyl sites for hydroxylation is 1. The minimum absolute atomic E-state index is 0.0491. The van der Waals surface area contributed by atoms with Crippen molar-refractivity contribution in [1.29, 1.82) is 0 Å². The zero-order chi connectivity index (χ0) is 39.7. The lowest BCUT2D eigenvalue weighted by molar-refractivity contribution is 0.272. The predicted molar refractivity (Wildman–Crippen MR) is 209 cm³/mol. The van der Waals surface area contributed by atoms with Crippen LogP contribution in [-0.4, -0.2) is 88.5 Å². The number of piperazine rings is 1. The van der Waals surface area contributed by atoms with Crippen molar-refractivity contribution in [2.75, 3.05) is 66.8 Å². The molecule has 12 nitrogen and oxygen atoms in total. The molecule has 0 saturated carbocycles. The summed E-state index contributed by atoms with van der Waals surface area (Å²) in [6, 6.07) is 12.2. The van der Waals surface area contributed by atoms with E-state index in [0.29, 0.717) is 33.6 Å². The fourth-order valence-electron chi connectivity index (χ4n) is 6.13. The van der Waals surface area contributed by atoms with Crippen LogP contribution in [-0.2, 0) is 19.9 Å². The number of hydrogen-bond acceptors (Lipinski definition) is 12. The van der Waals surface area contributed by atoms with E-state index >= 15 is 4.39 Å². The quantitative estimate of drug-likeness (QED) is 0.129. The second kappa shape index (κ2) is 16.1. The van der Waals surface area contributed by atoms with Gasteiger partial charge in [-0.1, -0.05) is 26.0 Å². The third-order valence-corrected chi connectivity index (χ3v) is 12.7. The summed E-state index contributed by atoms with van der Waals surface area (Å²) < 4.78 is 102. The number of nitrogens with one attached hydrogen (secondary N) is 2. The smallest absolute Gasteiger partial charge is 0.267 e. The molecule has 5 aromatic rings. The monoisotopic (exact) mass is 815 g/mol. The third kappa shape index (κ3) is 9.03. The van der Waals surface area contributed by atoms with Gasteiger partial charge in [0.1, 0.15) is 27.2 Å². The lowest BCUT2D eigenvalue weighted by atomic mass is 10.1. The first-order valence-corrected chi connectivity index (χ1v) is 21.6. The first-order chi connectivity index (χ1) is 26.0. The molecular formula is C37H40F3N7O5S3. The van der Waals surface area contributed by atoms with Crippen molar-refractivity contribution < 1.29 is 34.7 Å². The number of sulfone groups is 1. The number of aromatic nitrogens is 3. The molecule has 0 aliphatic carbocycles. The summed E-state index contributed by atoms with van der Waals surface area (Å²) in [5.74, 6) is -2.78. The standard InChI is InChI=1S/C37H40F3N7O5S3/c1-22(2)36-44-33(24-8-6-11-27(32(24)40)45-55(50,51)35-25(38)9-7-10-26(35)39)34(53-36)28-12-13-41-37(42-28)43-29-20-23(3)30(21-31(29)52-4)47-16-14-46(15-17-47)18-19-54(5,48)49/h6-13,20-22,45H,14-19H2,1-5H3,(H,41,42,43). The first kappa shape index (κ1) is 39.9. The maximum absolute atomic E-state index is 16.2. The van der Waals surface area contributed by atoms with Crippen molar-refractivity contribution in [2.45, 2.75) is 31.6 Å². The number of anilines is 4. The van der Waals surface area contributed by atoms with Gasteiger partial charge in [0.25, 0.3) is 10.0 Å². The van der Waals surface area contributed by atoms with Crippen molar-refractivity contribution in [2.24, 2.45) is 0 Å². The third-order valence-electron chi connectivity index (χ3n) is 8.97. The second-order valence-corrected chi connectivity index (χ2v) is 18.3. The van der Waals surface area contributed by atoms with Crippen LogP contribution >= 0.6 is 11.3 Å². The van der Waals surface area contributed by atoms with Crippen LogP contribution in [0.5, 0.6) is 5.75 Å². The van der Waals surface area contributed by atoms with E-state index in [1.165, 1.54) is 29.7 Å². The topological polar surface area (TPSA) is 147 Å². The van der Waals surface area contributed by atoms with Gasteiger partial charge in [-0.25, -0.2) is 45.0 Å².